The predicted molar refractivity (Wildman–Crippen MR) is 77.5 cm³/mol. The number of likely N-dealkylation sites (tertiary alicyclic amines) is 1. The zero-order valence-corrected chi connectivity index (χ0v) is 11.6. The van der Waals surface area contributed by atoms with E-state index in [0.29, 0.717) is 11.5 Å². The molecule has 0 aliphatic carbocycles. The van der Waals surface area contributed by atoms with Crippen LogP contribution in [0.25, 0.3) is 0 Å². The molecule has 0 spiro atoms. The fourth-order valence-electron chi connectivity index (χ4n) is 2.55. The Morgan fingerprint density at radius 1 is 1.50 bits per heavy atom. The summed E-state index contributed by atoms with van der Waals surface area (Å²) in [5, 5.41) is 12.2. The van der Waals surface area contributed by atoms with Crippen LogP contribution in [-0.4, -0.2) is 53.7 Å². The maximum absolute atomic E-state index is 11.3. The first-order chi connectivity index (χ1) is 9.70. The molecule has 0 radical (unpaired) electrons. The number of nitrogens with one attached hydrogen (secondary N) is 1. The molecule has 2 heterocycles. The number of nitrogens with zero attached hydrogens (tertiary/aromatic N) is 2. The molecule has 6 heteroatoms. The number of hydrogen-bond donors (Lipinski definition) is 3. The molecule has 1 amide bonds. The van der Waals surface area contributed by atoms with Crippen LogP contribution < -0.4 is 11.1 Å². The summed E-state index contributed by atoms with van der Waals surface area (Å²) >= 11 is 0. The van der Waals surface area contributed by atoms with Gasteiger partial charge in [0.05, 0.1) is 17.9 Å². The molecule has 0 saturated carbocycles. The van der Waals surface area contributed by atoms with Crippen LogP contribution in [0, 0.1) is 5.92 Å². The maximum Gasteiger partial charge on any atom is 0.252 e. The van der Waals surface area contributed by atoms with Crippen LogP contribution in [0.4, 0.5) is 5.69 Å². The Morgan fingerprint density at radius 2 is 2.25 bits per heavy atom. The van der Waals surface area contributed by atoms with Gasteiger partial charge in [0.15, 0.2) is 0 Å². The standard InChI is InChI=1S/C14H22N4O2/c15-14(20)12-10-16-4-1-13(12)17-9-11-2-5-18(6-3-11)7-8-19/h1,4,10-11,19H,2-3,5-9H2,(H2,15,20)(H,16,17). The monoisotopic (exact) mass is 278 g/mol. The first-order valence-corrected chi connectivity index (χ1v) is 7.01. The molecule has 1 fully saturated rings. The van der Waals surface area contributed by atoms with E-state index in [4.69, 9.17) is 10.8 Å². The van der Waals surface area contributed by atoms with E-state index in [0.717, 1.165) is 44.7 Å². The van der Waals surface area contributed by atoms with Crippen molar-refractivity contribution in [3.8, 4) is 0 Å². The number of anilines is 1. The minimum atomic E-state index is -0.460. The average Bonchev–Trinajstić information content (AvgIpc) is 2.47. The van der Waals surface area contributed by atoms with Crippen molar-refractivity contribution in [2.75, 3.05) is 38.1 Å². The van der Waals surface area contributed by atoms with Crippen molar-refractivity contribution in [3.63, 3.8) is 0 Å². The van der Waals surface area contributed by atoms with Crippen molar-refractivity contribution in [2.24, 2.45) is 11.7 Å². The smallest absolute Gasteiger partial charge is 0.252 e. The van der Waals surface area contributed by atoms with Crippen molar-refractivity contribution in [1.82, 2.24) is 9.88 Å². The van der Waals surface area contributed by atoms with Crippen LogP contribution in [0.2, 0.25) is 0 Å². The highest BCUT2D eigenvalue weighted by molar-refractivity contribution is 5.98. The fourth-order valence-corrected chi connectivity index (χ4v) is 2.55. The van der Waals surface area contributed by atoms with Crippen molar-refractivity contribution in [3.05, 3.63) is 24.0 Å². The Kier molecular flexibility index (Phi) is 5.31. The first kappa shape index (κ1) is 14.7. The predicted octanol–water partition coefficient (Wildman–Crippen LogP) is 0.297. The van der Waals surface area contributed by atoms with Gasteiger partial charge in [-0.1, -0.05) is 0 Å². The lowest BCUT2D eigenvalue weighted by molar-refractivity contribution is 0.100. The molecule has 1 aliphatic heterocycles. The number of rotatable bonds is 6. The molecular weight excluding hydrogens is 256 g/mol. The first-order valence-electron chi connectivity index (χ1n) is 7.01. The Morgan fingerprint density at radius 3 is 2.90 bits per heavy atom. The average molecular weight is 278 g/mol. The van der Waals surface area contributed by atoms with Gasteiger partial charge in [0.25, 0.3) is 5.91 Å². The van der Waals surface area contributed by atoms with Gasteiger partial charge in [-0.2, -0.15) is 0 Å². The van der Waals surface area contributed by atoms with E-state index >= 15 is 0 Å². The number of aliphatic hydroxyl groups is 1. The van der Waals surface area contributed by atoms with Crippen LogP contribution >= 0.6 is 0 Å². The molecule has 0 unspecified atom stereocenters. The number of amides is 1. The molecule has 1 aromatic heterocycles. The molecule has 1 aliphatic rings. The number of hydrogen-bond acceptors (Lipinski definition) is 5. The summed E-state index contributed by atoms with van der Waals surface area (Å²) < 4.78 is 0. The van der Waals surface area contributed by atoms with Crippen LogP contribution in [0.1, 0.15) is 23.2 Å². The zero-order valence-electron chi connectivity index (χ0n) is 11.6. The van der Waals surface area contributed by atoms with Gasteiger partial charge < -0.3 is 21.1 Å². The van der Waals surface area contributed by atoms with Crippen molar-refractivity contribution < 1.29 is 9.90 Å². The number of carbonyl (C=O) groups excluding carboxylic acids is 1. The van der Waals surface area contributed by atoms with Gasteiger partial charge in [0.1, 0.15) is 0 Å². The zero-order chi connectivity index (χ0) is 14.4. The van der Waals surface area contributed by atoms with Crippen LogP contribution in [0.5, 0.6) is 0 Å². The van der Waals surface area contributed by atoms with Gasteiger partial charge in [0, 0.05) is 25.5 Å². The van der Waals surface area contributed by atoms with Crippen molar-refractivity contribution >= 4 is 11.6 Å². The van der Waals surface area contributed by atoms with Gasteiger partial charge >= 0.3 is 0 Å². The Bertz CT molecular complexity index is 445. The molecule has 4 N–H and O–H groups in total. The van der Waals surface area contributed by atoms with Gasteiger partial charge in [-0.15, -0.1) is 0 Å². The number of aromatic nitrogens is 1. The minimum absolute atomic E-state index is 0.224. The van der Waals surface area contributed by atoms with E-state index in [-0.39, 0.29) is 6.61 Å². The van der Waals surface area contributed by atoms with Crippen molar-refractivity contribution in [1.29, 1.82) is 0 Å². The Balaban J connectivity index is 1.83. The number of pyridine rings is 1. The van der Waals surface area contributed by atoms with E-state index < -0.39 is 5.91 Å². The van der Waals surface area contributed by atoms with Gasteiger partial charge in [-0.25, -0.2) is 0 Å². The molecule has 1 aromatic rings. The van der Waals surface area contributed by atoms with Crippen LogP contribution in [0.3, 0.4) is 0 Å². The molecule has 1 saturated heterocycles. The second-order valence-electron chi connectivity index (χ2n) is 5.18. The third kappa shape index (κ3) is 3.91. The number of β-amino-alcohol motifs (C(OH)–C–C–N with tert-alkyl or cyclic N) is 1. The Hall–Kier alpha value is -1.66. The number of nitrogens with two attached hydrogens (primary N) is 1. The number of aliphatic hydroxyl groups excluding tert-OH is 1. The Labute approximate surface area is 119 Å². The lowest BCUT2D eigenvalue weighted by atomic mass is 9.96. The van der Waals surface area contributed by atoms with Gasteiger partial charge in [0.2, 0.25) is 0 Å². The topological polar surface area (TPSA) is 91.5 Å². The lowest BCUT2D eigenvalue weighted by Crippen LogP contribution is -2.37. The molecular formula is C14H22N4O2. The quantitative estimate of drug-likeness (QED) is 0.696. The van der Waals surface area contributed by atoms with Gasteiger partial charge in [-0.3, -0.25) is 9.78 Å². The largest absolute Gasteiger partial charge is 0.395 e. The summed E-state index contributed by atoms with van der Waals surface area (Å²) in [5.41, 5.74) is 6.52. The minimum Gasteiger partial charge on any atom is -0.395 e. The third-order valence-corrected chi connectivity index (χ3v) is 3.79. The van der Waals surface area contributed by atoms with E-state index in [1.807, 2.05) is 0 Å². The van der Waals surface area contributed by atoms with E-state index in [2.05, 4.69) is 15.2 Å². The molecule has 110 valence electrons. The third-order valence-electron chi connectivity index (χ3n) is 3.79. The highest BCUT2D eigenvalue weighted by Gasteiger charge is 2.19. The summed E-state index contributed by atoms with van der Waals surface area (Å²) in [6, 6.07) is 1.78. The normalized spacial score (nSPS) is 17.1. The van der Waals surface area contributed by atoms with Crippen molar-refractivity contribution in [2.45, 2.75) is 12.8 Å². The molecule has 20 heavy (non-hydrogen) atoms. The highest BCUT2D eigenvalue weighted by atomic mass is 16.3. The van der Waals surface area contributed by atoms with E-state index in [1.165, 1.54) is 6.20 Å². The second kappa shape index (κ2) is 7.21. The SMILES string of the molecule is NC(=O)c1cnccc1NCC1CCN(CCO)CC1. The molecule has 0 bridgehead atoms. The fraction of sp³-hybridized carbons (Fsp3) is 0.571. The molecule has 6 nitrogen and oxygen atoms in total. The second-order valence-corrected chi connectivity index (χ2v) is 5.18. The number of primary amides is 1. The summed E-state index contributed by atoms with van der Waals surface area (Å²) in [5.74, 6) is 0.122. The summed E-state index contributed by atoms with van der Waals surface area (Å²) in [7, 11) is 0. The molecule has 0 aromatic carbocycles. The van der Waals surface area contributed by atoms with E-state index in [9.17, 15) is 4.79 Å². The maximum atomic E-state index is 11.3. The number of piperidine rings is 1. The van der Waals surface area contributed by atoms with Gasteiger partial charge in [-0.05, 0) is 37.9 Å². The molecule has 0 atom stereocenters. The lowest BCUT2D eigenvalue weighted by Gasteiger charge is -2.31. The van der Waals surface area contributed by atoms with E-state index in [1.54, 1.807) is 12.3 Å². The van der Waals surface area contributed by atoms with Crippen LogP contribution in [0.15, 0.2) is 18.5 Å². The van der Waals surface area contributed by atoms with Crippen LogP contribution in [-0.2, 0) is 0 Å². The summed E-state index contributed by atoms with van der Waals surface area (Å²) in [6.07, 6.45) is 5.35. The summed E-state index contributed by atoms with van der Waals surface area (Å²) in [4.78, 5) is 17.5. The highest BCUT2D eigenvalue weighted by Crippen LogP contribution is 2.19. The molecule has 2 rings (SSSR count). The number of carbonyl (C=O) groups is 1. The summed E-state index contributed by atoms with van der Waals surface area (Å²) in [6.45, 7) is 3.85.